The van der Waals surface area contributed by atoms with Crippen LogP contribution < -0.4 is 5.49 Å². The van der Waals surface area contributed by atoms with Crippen LogP contribution in [-0.2, 0) is 0 Å². The van der Waals surface area contributed by atoms with Crippen molar-refractivity contribution in [1.29, 1.82) is 10.7 Å². The Kier molecular flexibility index (Phi) is 2.29. The van der Waals surface area contributed by atoms with E-state index in [1.807, 2.05) is 6.07 Å². The number of ketones is 1. The molecule has 4 nitrogen and oxygen atoms in total. The van der Waals surface area contributed by atoms with Gasteiger partial charge in [0.1, 0.15) is 11.6 Å². The molecule has 0 radical (unpaired) electrons. The maximum atomic E-state index is 11.5. The van der Waals surface area contributed by atoms with Crippen LogP contribution in [0.3, 0.4) is 0 Å². The molecule has 0 fully saturated rings. The zero-order chi connectivity index (χ0) is 11.7. The molecule has 0 spiro atoms. The summed E-state index contributed by atoms with van der Waals surface area (Å²) in [5.74, 6) is -0.111. The van der Waals surface area contributed by atoms with Gasteiger partial charge in [-0.1, -0.05) is 6.07 Å². The minimum absolute atomic E-state index is 0.100. The van der Waals surface area contributed by atoms with E-state index in [0.717, 1.165) is 0 Å². The highest BCUT2D eigenvalue weighted by Gasteiger charge is 2.09. The highest BCUT2D eigenvalue weighted by molar-refractivity contribution is 6.00. The van der Waals surface area contributed by atoms with Gasteiger partial charge < -0.3 is 4.40 Å². The van der Waals surface area contributed by atoms with Crippen LogP contribution in [0.4, 0.5) is 0 Å². The van der Waals surface area contributed by atoms with Crippen molar-refractivity contribution >= 4 is 11.3 Å². The van der Waals surface area contributed by atoms with Crippen molar-refractivity contribution in [2.24, 2.45) is 0 Å². The van der Waals surface area contributed by atoms with Gasteiger partial charge in [-0.2, -0.15) is 5.26 Å². The van der Waals surface area contributed by atoms with Gasteiger partial charge in [0, 0.05) is 11.8 Å². The van der Waals surface area contributed by atoms with Gasteiger partial charge in [-0.25, -0.2) is 0 Å². The van der Waals surface area contributed by atoms with Crippen molar-refractivity contribution in [2.45, 2.75) is 6.92 Å². The number of hydrogen-bond donors (Lipinski definition) is 1. The molecule has 0 aliphatic heterocycles. The van der Waals surface area contributed by atoms with Crippen LogP contribution in [0.15, 0.2) is 30.5 Å². The van der Waals surface area contributed by atoms with Crippen molar-refractivity contribution in [3.63, 3.8) is 0 Å². The topological polar surface area (TPSA) is 69.1 Å². The first-order chi connectivity index (χ1) is 7.65. The number of Topliss-reactive ketones (excluding diaryl/α,β-unsaturated/α-hetero) is 1. The Morgan fingerprint density at radius 2 is 2.25 bits per heavy atom. The molecule has 0 aromatic carbocycles. The normalized spacial score (nSPS) is 10.0. The van der Waals surface area contributed by atoms with E-state index in [2.05, 4.69) is 0 Å². The summed E-state index contributed by atoms with van der Waals surface area (Å²) in [6, 6.07) is 8.71. The first-order valence-electron chi connectivity index (χ1n) is 4.75. The first-order valence-corrected chi connectivity index (χ1v) is 4.75. The van der Waals surface area contributed by atoms with Crippen LogP contribution in [0.5, 0.6) is 0 Å². The summed E-state index contributed by atoms with van der Waals surface area (Å²) in [5.41, 5.74) is 1.42. The van der Waals surface area contributed by atoms with Crippen LogP contribution in [0.2, 0.25) is 0 Å². The lowest BCUT2D eigenvalue weighted by Gasteiger charge is -2.06. The number of hydrogen-bond acceptors (Lipinski definition) is 3. The van der Waals surface area contributed by atoms with Gasteiger partial charge in [-0.15, -0.1) is 0 Å². The van der Waals surface area contributed by atoms with Crippen molar-refractivity contribution in [3.8, 4) is 6.07 Å². The molecule has 2 aromatic heterocycles. The fourth-order valence-electron chi connectivity index (χ4n) is 1.64. The second kappa shape index (κ2) is 3.63. The summed E-state index contributed by atoms with van der Waals surface area (Å²) in [7, 11) is 0. The van der Waals surface area contributed by atoms with Crippen molar-refractivity contribution in [3.05, 3.63) is 47.1 Å². The molecular formula is C12H9N3O. The SMILES string of the molecule is CC(=O)c1cc(C#N)c(=N)n2ccccc12. The Labute approximate surface area is 91.9 Å². The summed E-state index contributed by atoms with van der Waals surface area (Å²) in [5, 5.41) is 16.7. The maximum Gasteiger partial charge on any atom is 0.161 e. The predicted octanol–water partition coefficient (Wildman–Crippen LogP) is 1.49. The summed E-state index contributed by atoms with van der Waals surface area (Å²) in [4.78, 5) is 11.5. The molecular weight excluding hydrogens is 202 g/mol. The van der Waals surface area contributed by atoms with Gasteiger partial charge in [0.15, 0.2) is 5.78 Å². The van der Waals surface area contributed by atoms with E-state index in [1.165, 1.54) is 17.4 Å². The molecule has 0 aliphatic carbocycles. The van der Waals surface area contributed by atoms with Crippen LogP contribution in [0, 0.1) is 16.7 Å². The van der Waals surface area contributed by atoms with Gasteiger partial charge in [0.2, 0.25) is 0 Å². The molecule has 2 heterocycles. The highest BCUT2D eigenvalue weighted by Crippen LogP contribution is 2.10. The number of nitrogens with one attached hydrogen (secondary N) is 1. The lowest BCUT2D eigenvalue weighted by molar-refractivity contribution is 0.101. The Bertz CT molecular complexity index is 677. The second-order valence-corrected chi connectivity index (χ2v) is 3.44. The smallest absolute Gasteiger partial charge is 0.161 e. The molecule has 78 valence electrons. The number of carbonyl (C=O) groups is 1. The van der Waals surface area contributed by atoms with Crippen molar-refractivity contribution in [1.82, 2.24) is 4.40 Å². The fourth-order valence-corrected chi connectivity index (χ4v) is 1.64. The molecule has 0 aliphatic rings. The average molecular weight is 211 g/mol. The van der Waals surface area contributed by atoms with Gasteiger partial charge in [-0.05, 0) is 25.1 Å². The number of fused-ring (bicyclic) bond motifs is 1. The van der Waals surface area contributed by atoms with E-state index in [4.69, 9.17) is 10.7 Å². The lowest BCUT2D eigenvalue weighted by atomic mass is 10.1. The van der Waals surface area contributed by atoms with Gasteiger partial charge in [0.05, 0.1) is 11.1 Å². The molecule has 0 saturated carbocycles. The number of nitriles is 1. The monoisotopic (exact) mass is 211 g/mol. The van der Waals surface area contributed by atoms with Crippen molar-refractivity contribution in [2.75, 3.05) is 0 Å². The Balaban J connectivity index is 3.03. The molecule has 1 N–H and O–H groups in total. The largest absolute Gasteiger partial charge is 0.300 e. The summed E-state index contributed by atoms with van der Waals surface area (Å²) in [6.45, 7) is 1.45. The van der Waals surface area contributed by atoms with E-state index in [9.17, 15) is 4.79 Å². The zero-order valence-corrected chi connectivity index (χ0v) is 8.69. The maximum absolute atomic E-state index is 11.5. The quantitative estimate of drug-likeness (QED) is 0.726. The van der Waals surface area contributed by atoms with Crippen LogP contribution in [0.1, 0.15) is 22.8 Å². The van der Waals surface area contributed by atoms with Crippen LogP contribution in [0.25, 0.3) is 5.52 Å². The Morgan fingerprint density at radius 1 is 1.50 bits per heavy atom. The summed E-state index contributed by atoms with van der Waals surface area (Å²) >= 11 is 0. The molecule has 16 heavy (non-hydrogen) atoms. The second-order valence-electron chi connectivity index (χ2n) is 3.44. The number of aromatic nitrogens is 1. The van der Waals surface area contributed by atoms with E-state index < -0.39 is 0 Å². The molecule has 4 heteroatoms. The number of carbonyl (C=O) groups excluding carboxylic acids is 1. The third-order valence-electron chi connectivity index (χ3n) is 2.42. The van der Waals surface area contributed by atoms with Gasteiger partial charge in [-0.3, -0.25) is 10.2 Å². The highest BCUT2D eigenvalue weighted by atomic mass is 16.1. The first kappa shape index (κ1) is 10.1. The average Bonchev–Trinajstić information content (AvgIpc) is 2.29. The minimum Gasteiger partial charge on any atom is -0.300 e. The molecule has 0 saturated heterocycles. The fraction of sp³-hybridized carbons (Fsp3) is 0.0833. The molecule has 0 atom stereocenters. The predicted molar refractivity (Wildman–Crippen MR) is 58.0 cm³/mol. The molecule has 0 unspecified atom stereocenters. The van der Waals surface area contributed by atoms with E-state index in [1.54, 1.807) is 24.4 Å². The molecule has 0 bridgehead atoms. The third kappa shape index (κ3) is 1.39. The lowest BCUT2D eigenvalue weighted by Crippen LogP contribution is -2.19. The summed E-state index contributed by atoms with van der Waals surface area (Å²) < 4.78 is 1.54. The molecule has 2 rings (SSSR count). The molecule has 0 amide bonds. The van der Waals surface area contributed by atoms with Crippen molar-refractivity contribution < 1.29 is 4.79 Å². The van der Waals surface area contributed by atoms with E-state index in [-0.39, 0.29) is 16.8 Å². The summed E-state index contributed by atoms with van der Waals surface area (Å²) in [6.07, 6.45) is 1.67. The minimum atomic E-state index is -0.111. The molecule has 2 aromatic rings. The number of nitrogens with zero attached hydrogens (tertiary/aromatic N) is 2. The number of rotatable bonds is 1. The van der Waals surface area contributed by atoms with E-state index >= 15 is 0 Å². The standard InChI is InChI=1S/C12H9N3O/c1-8(16)10-6-9(7-13)12(14)15-5-3-2-4-11(10)15/h2-6,14H,1H3. The van der Waals surface area contributed by atoms with Gasteiger partial charge >= 0.3 is 0 Å². The van der Waals surface area contributed by atoms with Crippen LogP contribution in [-0.4, -0.2) is 10.2 Å². The van der Waals surface area contributed by atoms with E-state index in [0.29, 0.717) is 11.1 Å². The Morgan fingerprint density at radius 3 is 2.88 bits per heavy atom. The zero-order valence-electron chi connectivity index (χ0n) is 8.69. The number of pyridine rings is 2. The third-order valence-corrected chi connectivity index (χ3v) is 2.42. The van der Waals surface area contributed by atoms with Gasteiger partial charge in [0.25, 0.3) is 0 Å². The Hall–Kier alpha value is -2.41. The van der Waals surface area contributed by atoms with Crippen LogP contribution >= 0.6 is 0 Å².